The maximum absolute atomic E-state index is 15.0. The van der Waals surface area contributed by atoms with Crippen molar-refractivity contribution in [2.45, 2.75) is 103 Å². The summed E-state index contributed by atoms with van der Waals surface area (Å²) in [6, 6.07) is 7.95. The number of carbonyl (C=O) groups excluding carboxylic acids is 2. The molecule has 2 amide bonds. The Balaban J connectivity index is 2.28. The van der Waals surface area contributed by atoms with Gasteiger partial charge >= 0.3 is 24.5 Å². The summed E-state index contributed by atoms with van der Waals surface area (Å²) in [6.45, 7) is 14.9. The van der Waals surface area contributed by atoms with Gasteiger partial charge in [-0.25, -0.2) is 14.6 Å². The van der Waals surface area contributed by atoms with E-state index < -0.39 is 89.0 Å². The molecule has 0 radical (unpaired) electrons. The molecule has 0 bridgehead atoms. The summed E-state index contributed by atoms with van der Waals surface area (Å²) < 4.78 is 115. The second-order valence-electron chi connectivity index (χ2n) is 13.7. The largest absolute Gasteiger partial charge is 0.493 e. The van der Waals surface area contributed by atoms with Crippen LogP contribution in [-0.4, -0.2) is 62.6 Å². The maximum Gasteiger partial charge on any atom is 0.426 e. The number of imide groups is 1. The number of nitrogens with zero attached hydrogens (tertiary/aromatic N) is 4. The Kier molecular flexibility index (Phi) is 13.7. The zero-order valence-corrected chi connectivity index (χ0v) is 30.5. The summed E-state index contributed by atoms with van der Waals surface area (Å²) in [5.74, 6) is -3.94. The van der Waals surface area contributed by atoms with Gasteiger partial charge in [0.2, 0.25) is 11.5 Å². The predicted molar refractivity (Wildman–Crippen MR) is 182 cm³/mol. The zero-order chi connectivity index (χ0) is 40.7. The Hall–Kier alpha value is -4.97. The first kappa shape index (κ1) is 43.4. The number of hydrogen-bond acceptors (Lipinski definition) is 11. The molecule has 296 valence electrons. The fourth-order valence-electron chi connectivity index (χ4n) is 4.72. The van der Waals surface area contributed by atoms with Crippen LogP contribution in [0.3, 0.4) is 0 Å². The fourth-order valence-corrected chi connectivity index (χ4v) is 4.72. The third-order valence-electron chi connectivity index (χ3n) is 7.32. The van der Waals surface area contributed by atoms with E-state index in [-0.39, 0.29) is 30.1 Å². The standard InChI is InChI=1S/C36H42F6N4O8/c1-9-11-18-34(36(40,41)42,51-20-23-16-13-12-14-17-23)29-45-44-28(52-29)26-25(19-24(27(47)43-26)35(37,38)39)46(30(48)53-32(4,5)6)31(49)54-33(7,8)21-50-22(3)15-10-2/h9-10,12-14,16-17,19,22H,1-2,11,15,18,20-21H2,3-8H3,(H,43,47)/t22-,34?/m0/s1. The average Bonchev–Trinajstić information content (AvgIpc) is 3.53. The van der Waals surface area contributed by atoms with Crippen molar-refractivity contribution >= 4 is 17.9 Å². The number of pyridine rings is 1. The summed E-state index contributed by atoms with van der Waals surface area (Å²) in [6.07, 6.45) is -12.1. The fraction of sp³-hybridized carbons (Fsp3) is 0.472. The summed E-state index contributed by atoms with van der Waals surface area (Å²) in [7, 11) is 0. The maximum atomic E-state index is 15.0. The lowest BCUT2D eigenvalue weighted by Crippen LogP contribution is -2.46. The van der Waals surface area contributed by atoms with E-state index in [1.54, 1.807) is 31.2 Å². The number of aromatic nitrogens is 3. The number of halogens is 6. The molecule has 1 unspecified atom stereocenters. The number of ether oxygens (including phenoxy) is 4. The Morgan fingerprint density at radius 3 is 2.15 bits per heavy atom. The van der Waals surface area contributed by atoms with Gasteiger partial charge in [-0.2, -0.15) is 31.2 Å². The van der Waals surface area contributed by atoms with E-state index in [1.165, 1.54) is 52.8 Å². The van der Waals surface area contributed by atoms with Crippen molar-refractivity contribution in [1.29, 1.82) is 0 Å². The van der Waals surface area contributed by atoms with Crippen molar-refractivity contribution in [2.24, 2.45) is 0 Å². The first-order valence-corrected chi connectivity index (χ1v) is 16.4. The smallest absolute Gasteiger partial charge is 0.426 e. The monoisotopic (exact) mass is 772 g/mol. The van der Waals surface area contributed by atoms with Crippen LogP contribution in [0, 0.1) is 0 Å². The Morgan fingerprint density at radius 2 is 1.59 bits per heavy atom. The van der Waals surface area contributed by atoms with Gasteiger partial charge in [0.1, 0.15) is 16.8 Å². The zero-order valence-electron chi connectivity index (χ0n) is 30.5. The van der Waals surface area contributed by atoms with Gasteiger partial charge < -0.3 is 28.5 Å². The van der Waals surface area contributed by atoms with Crippen LogP contribution in [0.2, 0.25) is 0 Å². The van der Waals surface area contributed by atoms with Crippen LogP contribution in [0.4, 0.5) is 41.6 Å². The molecule has 3 rings (SSSR count). The minimum atomic E-state index is -5.33. The van der Waals surface area contributed by atoms with Gasteiger partial charge in [0.15, 0.2) is 5.69 Å². The van der Waals surface area contributed by atoms with E-state index in [0.29, 0.717) is 12.0 Å². The Morgan fingerprint density at radius 1 is 0.963 bits per heavy atom. The number of anilines is 1. The highest BCUT2D eigenvalue weighted by molar-refractivity contribution is 6.11. The molecular formula is C36H42F6N4O8. The lowest BCUT2D eigenvalue weighted by atomic mass is 9.96. The molecule has 0 saturated heterocycles. The van der Waals surface area contributed by atoms with Crippen LogP contribution in [-0.2, 0) is 37.3 Å². The van der Waals surface area contributed by atoms with Crippen LogP contribution >= 0.6 is 0 Å². The molecule has 2 aromatic heterocycles. The van der Waals surface area contributed by atoms with Gasteiger partial charge in [0.25, 0.3) is 11.8 Å². The summed E-state index contributed by atoms with van der Waals surface area (Å²) in [4.78, 5) is 31.0. The van der Waals surface area contributed by atoms with Gasteiger partial charge in [-0.15, -0.1) is 23.4 Å². The molecule has 1 N–H and O–H groups in total. The second kappa shape index (κ2) is 17.0. The molecule has 2 heterocycles. The van der Waals surface area contributed by atoms with E-state index in [9.17, 15) is 27.9 Å². The lowest BCUT2D eigenvalue weighted by Gasteiger charge is -2.32. The number of alkyl halides is 6. The van der Waals surface area contributed by atoms with Crippen molar-refractivity contribution in [3.05, 3.63) is 78.7 Å². The average molecular weight is 773 g/mol. The molecule has 0 aliphatic rings. The van der Waals surface area contributed by atoms with E-state index in [4.69, 9.17) is 23.4 Å². The SMILES string of the molecule is C=CCCC(OCc1ccccc1)(c1nnc(-c2nc(O)c(C(F)(F)F)cc2N(C(=O)OC(C)(C)C)C(=O)OC(C)(C)CO[C@@H](C)CC=C)o1)C(F)(F)F. The van der Waals surface area contributed by atoms with Crippen molar-refractivity contribution in [1.82, 2.24) is 15.2 Å². The van der Waals surface area contributed by atoms with Crippen LogP contribution < -0.4 is 4.90 Å². The molecule has 54 heavy (non-hydrogen) atoms. The predicted octanol–water partition coefficient (Wildman–Crippen LogP) is 9.43. The van der Waals surface area contributed by atoms with Gasteiger partial charge in [-0.1, -0.05) is 42.5 Å². The minimum Gasteiger partial charge on any atom is -0.493 e. The van der Waals surface area contributed by atoms with E-state index in [0.717, 1.165) is 0 Å². The number of amides is 2. The Bertz CT molecular complexity index is 1770. The highest BCUT2D eigenvalue weighted by Crippen LogP contribution is 2.47. The van der Waals surface area contributed by atoms with Gasteiger partial charge in [0, 0.05) is 0 Å². The van der Waals surface area contributed by atoms with Crippen LogP contribution in [0.5, 0.6) is 5.88 Å². The topological polar surface area (TPSA) is 146 Å². The van der Waals surface area contributed by atoms with Gasteiger partial charge in [-0.3, -0.25) is 0 Å². The van der Waals surface area contributed by atoms with Crippen LogP contribution in [0.15, 0.2) is 66.1 Å². The van der Waals surface area contributed by atoms with E-state index in [2.05, 4.69) is 28.3 Å². The number of rotatable bonds is 15. The molecule has 1 aromatic carbocycles. The van der Waals surface area contributed by atoms with E-state index in [1.807, 2.05) is 0 Å². The summed E-state index contributed by atoms with van der Waals surface area (Å²) >= 11 is 0. The first-order valence-electron chi connectivity index (χ1n) is 16.4. The van der Waals surface area contributed by atoms with Crippen molar-refractivity contribution < 1.29 is 64.4 Å². The summed E-state index contributed by atoms with van der Waals surface area (Å²) in [5.41, 5.74) is -9.79. The number of benzene rings is 1. The number of hydrogen-bond donors (Lipinski definition) is 1. The molecule has 0 saturated carbocycles. The number of carbonyl (C=O) groups is 2. The number of aromatic hydroxyl groups is 1. The third kappa shape index (κ3) is 11.0. The Labute approximate surface area is 307 Å². The molecule has 2 atom stereocenters. The van der Waals surface area contributed by atoms with Crippen LogP contribution in [0.1, 0.15) is 77.8 Å². The minimum absolute atomic E-state index is 0.0156. The number of allylic oxidation sites excluding steroid dienone is 1. The summed E-state index contributed by atoms with van der Waals surface area (Å²) in [5, 5.41) is 17.6. The quantitative estimate of drug-likeness (QED) is 0.116. The molecule has 0 aliphatic heterocycles. The van der Waals surface area contributed by atoms with E-state index >= 15 is 13.2 Å². The molecule has 0 spiro atoms. The highest BCUT2D eigenvalue weighted by Gasteiger charge is 2.61. The molecule has 0 aliphatic carbocycles. The highest BCUT2D eigenvalue weighted by atomic mass is 19.4. The third-order valence-corrected chi connectivity index (χ3v) is 7.32. The van der Waals surface area contributed by atoms with Gasteiger partial charge in [-0.05, 0) is 72.4 Å². The van der Waals surface area contributed by atoms with Crippen molar-refractivity contribution in [3.63, 3.8) is 0 Å². The molecule has 0 fully saturated rings. The first-order chi connectivity index (χ1) is 24.9. The molecule has 12 nitrogen and oxygen atoms in total. The normalized spacial score (nSPS) is 14.1. The van der Waals surface area contributed by atoms with Crippen molar-refractivity contribution in [3.8, 4) is 17.5 Å². The molecule has 18 heteroatoms. The van der Waals surface area contributed by atoms with Gasteiger partial charge in [0.05, 0.1) is 25.0 Å². The van der Waals surface area contributed by atoms with Crippen LogP contribution in [0.25, 0.3) is 11.6 Å². The molecular weight excluding hydrogens is 730 g/mol. The lowest BCUT2D eigenvalue weighted by molar-refractivity contribution is -0.299. The van der Waals surface area contributed by atoms with Crippen molar-refractivity contribution in [2.75, 3.05) is 11.5 Å². The second-order valence-corrected chi connectivity index (χ2v) is 13.7. The molecule has 3 aromatic rings.